The van der Waals surface area contributed by atoms with Crippen molar-refractivity contribution in [2.45, 2.75) is 119 Å². The molecule has 5 atom stereocenters. The van der Waals surface area contributed by atoms with Gasteiger partial charge < -0.3 is 23.1 Å². The number of hydrogen-bond donors (Lipinski definition) is 0. The third-order valence-corrected chi connectivity index (χ3v) is 20.3. The molecule has 3 aromatic rings. The molecule has 0 aliphatic carbocycles. The zero-order valence-corrected chi connectivity index (χ0v) is 34.4. The van der Waals surface area contributed by atoms with Crippen LogP contribution in [0.3, 0.4) is 0 Å². The number of benzene rings is 3. The van der Waals surface area contributed by atoms with E-state index in [-0.39, 0.29) is 27.8 Å². The second-order valence-electron chi connectivity index (χ2n) is 16.1. The summed E-state index contributed by atoms with van der Waals surface area (Å²) in [4.78, 5) is 28.5. The first kappa shape index (κ1) is 40.9. The van der Waals surface area contributed by atoms with Crippen LogP contribution in [-0.2, 0) is 23.1 Å². The van der Waals surface area contributed by atoms with Gasteiger partial charge in [0.05, 0.1) is 17.7 Å². The van der Waals surface area contributed by atoms with Crippen LogP contribution in [0.15, 0.2) is 77.7 Å². The molecule has 7 nitrogen and oxygen atoms in total. The van der Waals surface area contributed by atoms with Crippen LogP contribution in [0.2, 0.25) is 36.3 Å². The highest BCUT2D eigenvalue weighted by Crippen LogP contribution is 2.44. The number of carbonyl (C=O) groups excluding carboxylic acids is 2. The third kappa shape index (κ3) is 10.4. The molecule has 1 aliphatic rings. The molecule has 1 saturated heterocycles. The van der Waals surface area contributed by atoms with Crippen LogP contribution in [-0.4, -0.2) is 65.0 Å². The van der Waals surface area contributed by atoms with Crippen LogP contribution in [0, 0.1) is 18.6 Å². The maximum atomic E-state index is 13.8. The molecule has 1 aliphatic heterocycles. The molecule has 0 unspecified atom stereocenters. The predicted octanol–water partition coefficient (Wildman–Crippen LogP) is 9.95. The highest BCUT2D eigenvalue weighted by molar-refractivity contribution is 7.99. The van der Waals surface area contributed by atoms with E-state index in [1.807, 2.05) is 31.2 Å². The second-order valence-corrected chi connectivity index (χ2v) is 26.9. The van der Waals surface area contributed by atoms with E-state index in [9.17, 15) is 18.4 Å². The second kappa shape index (κ2) is 16.0. The highest BCUT2D eigenvalue weighted by atomic mass is 32.2. The molecule has 12 heteroatoms. The largest absolute Gasteiger partial charge is 0.453 e. The van der Waals surface area contributed by atoms with E-state index in [0.717, 1.165) is 10.5 Å². The smallest absolute Gasteiger partial charge is 0.338 e. The molecular weight excluding hydrogens is 707 g/mol. The standard InChI is InChI=1S/C39H52F2O7SSi2/c1-25-12-22-30(23-13-25)49-37-34(47-36(43)27-16-20-29(41)21-17-27)33(48-51(10,11)39(5,6)7)32(46-35(42)26-14-18-28(40)19-15-26)31(45-37)24-44-50(8,9)38(2,3)4/h12-23,31-34,37H,24H2,1-11H3/t31-,32+,33+,34-,37+/m1/s1. The van der Waals surface area contributed by atoms with Crippen LogP contribution in [0.1, 0.15) is 67.8 Å². The van der Waals surface area contributed by atoms with Crippen LogP contribution in [0.25, 0.3) is 0 Å². The van der Waals surface area contributed by atoms with Crippen molar-refractivity contribution in [3.63, 3.8) is 0 Å². The van der Waals surface area contributed by atoms with Crippen molar-refractivity contribution in [1.82, 2.24) is 0 Å². The molecule has 0 aromatic heterocycles. The van der Waals surface area contributed by atoms with E-state index >= 15 is 0 Å². The van der Waals surface area contributed by atoms with Crippen molar-refractivity contribution < 1.29 is 41.4 Å². The summed E-state index contributed by atoms with van der Waals surface area (Å²) in [6, 6.07) is 18.1. The van der Waals surface area contributed by atoms with Crippen LogP contribution in [0.5, 0.6) is 0 Å². The average molecular weight is 759 g/mol. The van der Waals surface area contributed by atoms with E-state index in [2.05, 4.69) is 67.7 Å². The van der Waals surface area contributed by atoms with Crippen LogP contribution < -0.4 is 0 Å². The quantitative estimate of drug-likeness (QED) is 0.141. The Morgan fingerprint density at radius 1 is 0.686 bits per heavy atom. The van der Waals surface area contributed by atoms with Gasteiger partial charge in [-0.1, -0.05) is 71.0 Å². The van der Waals surface area contributed by atoms with Gasteiger partial charge in [-0.3, -0.25) is 0 Å². The van der Waals surface area contributed by atoms with Crippen LogP contribution >= 0.6 is 11.8 Å². The number of halogens is 2. The molecule has 4 rings (SSSR count). The minimum atomic E-state index is -2.68. The van der Waals surface area contributed by atoms with Gasteiger partial charge in [0.25, 0.3) is 0 Å². The van der Waals surface area contributed by atoms with Gasteiger partial charge in [-0.15, -0.1) is 0 Å². The zero-order chi connectivity index (χ0) is 37.9. The van der Waals surface area contributed by atoms with E-state index in [1.54, 1.807) is 0 Å². The number of rotatable bonds is 11. The number of aryl methyl sites for hydroxylation is 1. The lowest BCUT2D eigenvalue weighted by atomic mass is 9.99. The molecule has 1 fully saturated rings. The maximum absolute atomic E-state index is 13.8. The molecule has 0 amide bonds. The van der Waals surface area contributed by atoms with Crippen molar-refractivity contribution in [1.29, 1.82) is 0 Å². The van der Waals surface area contributed by atoms with Crippen molar-refractivity contribution >= 4 is 40.3 Å². The van der Waals surface area contributed by atoms with E-state index in [1.165, 1.54) is 60.3 Å². The third-order valence-electron chi connectivity index (χ3n) is 10.2. The Kier molecular flexibility index (Phi) is 12.8. The molecule has 0 saturated carbocycles. The zero-order valence-electron chi connectivity index (χ0n) is 31.5. The minimum Gasteiger partial charge on any atom is -0.453 e. The minimum absolute atomic E-state index is 0.0821. The highest BCUT2D eigenvalue weighted by Gasteiger charge is 2.55. The predicted molar refractivity (Wildman–Crippen MR) is 202 cm³/mol. The van der Waals surface area contributed by atoms with Crippen molar-refractivity contribution in [2.75, 3.05) is 6.61 Å². The molecule has 0 radical (unpaired) electrons. The van der Waals surface area contributed by atoms with E-state index in [4.69, 9.17) is 23.1 Å². The summed E-state index contributed by atoms with van der Waals surface area (Å²) in [6.45, 7) is 23.2. The summed E-state index contributed by atoms with van der Waals surface area (Å²) < 4.78 is 60.9. The first-order chi connectivity index (χ1) is 23.6. The summed E-state index contributed by atoms with van der Waals surface area (Å²) in [5.74, 6) is -2.40. The van der Waals surface area contributed by atoms with E-state index < -0.39 is 70.1 Å². The normalized spacial score (nSPS) is 21.6. The Morgan fingerprint density at radius 2 is 1.14 bits per heavy atom. The van der Waals surface area contributed by atoms with Gasteiger partial charge in [0.15, 0.2) is 28.8 Å². The number of esters is 2. The molecular formula is C39H52F2O7SSi2. The Bertz CT molecular complexity index is 1640. The summed E-state index contributed by atoms with van der Waals surface area (Å²) in [5, 5.41) is -0.405. The van der Waals surface area contributed by atoms with Crippen molar-refractivity contribution in [2.24, 2.45) is 0 Å². The van der Waals surface area contributed by atoms with Gasteiger partial charge in [0.2, 0.25) is 0 Å². The Balaban J connectivity index is 1.86. The first-order valence-electron chi connectivity index (χ1n) is 17.2. The number of ether oxygens (including phenoxy) is 3. The van der Waals surface area contributed by atoms with E-state index in [0.29, 0.717) is 0 Å². The van der Waals surface area contributed by atoms with Crippen LogP contribution in [0.4, 0.5) is 8.78 Å². The van der Waals surface area contributed by atoms with Gasteiger partial charge in [-0.05, 0) is 104 Å². The molecule has 1 heterocycles. The molecule has 0 N–H and O–H groups in total. The fourth-order valence-corrected chi connectivity index (χ4v) is 8.26. The number of carbonyl (C=O) groups is 2. The summed E-state index contributed by atoms with van der Waals surface area (Å²) in [7, 11) is -5.02. The summed E-state index contributed by atoms with van der Waals surface area (Å²) >= 11 is 1.37. The fraction of sp³-hybridized carbons (Fsp3) is 0.487. The summed E-state index contributed by atoms with van der Waals surface area (Å²) in [5.41, 5.74) is 0.545. The lowest BCUT2D eigenvalue weighted by Gasteiger charge is -2.50. The van der Waals surface area contributed by atoms with Gasteiger partial charge in [0, 0.05) is 4.90 Å². The van der Waals surface area contributed by atoms with Crippen molar-refractivity contribution in [3.8, 4) is 0 Å². The van der Waals surface area contributed by atoms with Gasteiger partial charge in [-0.25, -0.2) is 18.4 Å². The Morgan fingerprint density at radius 3 is 1.59 bits per heavy atom. The lowest BCUT2D eigenvalue weighted by molar-refractivity contribution is -0.201. The first-order valence-corrected chi connectivity index (χ1v) is 23.9. The molecule has 3 aromatic carbocycles. The lowest BCUT2D eigenvalue weighted by Crippen LogP contribution is -2.64. The SMILES string of the molecule is Cc1ccc(S[C@@H]2O[C@H](CO[Si](C)(C)C(C)(C)C)[C@H](OC(=O)c3ccc(F)cc3)[C@H](O[Si](C)(C)C(C)(C)C)[C@H]2OC(=O)c2ccc(F)cc2)cc1. The Hall–Kier alpha value is -2.88. The summed E-state index contributed by atoms with van der Waals surface area (Å²) in [6.07, 6.45) is -4.01. The molecule has 0 spiro atoms. The number of hydrogen-bond acceptors (Lipinski definition) is 8. The van der Waals surface area contributed by atoms with Gasteiger partial charge in [-0.2, -0.15) is 0 Å². The Labute approximate surface area is 308 Å². The topological polar surface area (TPSA) is 80.3 Å². The fourth-order valence-electron chi connectivity index (χ4n) is 4.84. The van der Waals surface area contributed by atoms with Gasteiger partial charge in [0.1, 0.15) is 29.3 Å². The number of thioether (sulfide) groups is 1. The maximum Gasteiger partial charge on any atom is 0.338 e. The molecule has 278 valence electrons. The van der Waals surface area contributed by atoms with Gasteiger partial charge >= 0.3 is 11.9 Å². The monoisotopic (exact) mass is 758 g/mol. The van der Waals surface area contributed by atoms with Crippen molar-refractivity contribution in [3.05, 3.63) is 101 Å². The molecule has 51 heavy (non-hydrogen) atoms. The molecule has 0 bridgehead atoms. The average Bonchev–Trinajstić information content (AvgIpc) is 3.03.